The minimum atomic E-state index is -0.233. The number of hydrogen-bond acceptors (Lipinski definition) is 4. The van der Waals surface area contributed by atoms with Gasteiger partial charge in [0.05, 0.1) is 20.1 Å². The SMILES string of the molecule is COc1ccc(NC(=O)C2CC(c3ccccc3)CN(Cc3ccccc3F)C2)cc1OC. The molecular weight excluding hydrogens is 419 g/mol. The van der Waals surface area contributed by atoms with E-state index in [1.165, 1.54) is 11.6 Å². The molecule has 1 aliphatic rings. The van der Waals surface area contributed by atoms with E-state index >= 15 is 0 Å². The molecule has 3 aromatic carbocycles. The van der Waals surface area contributed by atoms with Crippen molar-refractivity contribution in [3.8, 4) is 11.5 Å². The van der Waals surface area contributed by atoms with Crippen LogP contribution in [-0.2, 0) is 11.3 Å². The molecule has 1 saturated heterocycles. The molecule has 2 unspecified atom stereocenters. The summed E-state index contributed by atoms with van der Waals surface area (Å²) in [6.07, 6.45) is 0.733. The Hall–Kier alpha value is -3.38. The molecule has 0 spiro atoms. The smallest absolute Gasteiger partial charge is 0.228 e. The zero-order chi connectivity index (χ0) is 23.2. The molecule has 3 aromatic rings. The topological polar surface area (TPSA) is 50.8 Å². The van der Waals surface area contributed by atoms with Crippen molar-refractivity contribution in [1.82, 2.24) is 4.90 Å². The van der Waals surface area contributed by atoms with Crippen LogP contribution in [0.4, 0.5) is 10.1 Å². The van der Waals surface area contributed by atoms with E-state index in [1.54, 1.807) is 44.6 Å². The van der Waals surface area contributed by atoms with Gasteiger partial charge in [0.15, 0.2) is 11.5 Å². The number of nitrogens with one attached hydrogen (secondary N) is 1. The van der Waals surface area contributed by atoms with Crippen LogP contribution in [0.25, 0.3) is 0 Å². The van der Waals surface area contributed by atoms with Gasteiger partial charge in [-0.2, -0.15) is 0 Å². The fourth-order valence-electron chi connectivity index (χ4n) is 4.50. The normalized spacial score (nSPS) is 18.5. The van der Waals surface area contributed by atoms with E-state index in [2.05, 4.69) is 22.3 Å². The van der Waals surface area contributed by atoms with Crippen LogP contribution < -0.4 is 14.8 Å². The highest BCUT2D eigenvalue weighted by Crippen LogP contribution is 2.33. The number of ether oxygens (including phenoxy) is 2. The fraction of sp³-hybridized carbons (Fsp3) is 0.296. The lowest BCUT2D eigenvalue weighted by Gasteiger charge is -2.37. The monoisotopic (exact) mass is 448 g/mol. The Balaban J connectivity index is 1.54. The van der Waals surface area contributed by atoms with E-state index in [4.69, 9.17) is 9.47 Å². The summed E-state index contributed by atoms with van der Waals surface area (Å²) in [6.45, 7) is 1.81. The van der Waals surface area contributed by atoms with Gasteiger partial charge < -0.3 is 14.8 Å². The lowest BCUT2D eigenvalue weighted by Crippen LogP contribution is -2.43. The van der Waals surface area contributed by atoms with Gasteiger partial charge >= 0.3 is 0 Å². The maximum absolute atomic E-state index is 14.3. The molecule has 1 fully saturated rings. The van der Waals surface area contributed by atoms with Crippen molar-refractivity contribution in [2.45, 2.75) is 18.9 Å². The molecule has 1 amide bonds. The zero-order valence-electron chi connectivity index (χ0n) is 19.0. The van der Waals surface area contributed by atoms with Gasteiger partial charge in [0.25, 0.3) is 0 Å². The standard InChI is InChI=1S/C27H29FN2O3/c1-32-25-13-12-23(15-26(25)33-2)29-27(31)22-14-21(19-8-4-3-5-9-19)17-30(18-22)16-20-10-6-7-11-24(20)28/h3-13,15,21-22H,14,16-18H2,1-2H3,(H,29,31). The van der Waals surface area contributed by atoms with Crippen LogP contribution in [-0.4, -0.2) is 38.1 Å². The van der Waals surface area contributed by atoms with Gasteiger partial charge in [-0.05, 0) is 36.1 Å². The fourth-order valence-corrected chi connectivity index (χ4v) is 4.50. The van der Waals surface area contributed by atoms with E-state index in [0.29, 0.717) is 35.8 Å². The van der Waals surface area contributed by atoms with E-state index in [0.717, 1.165) is 13.0 Å². The second kappa shape index (κ2) is 10.5. The van der Waals surface area contributed by atoms with Crippen molar-refractivity contribution < 1.29 is 18.7 Å². The number of benzene rings is 3. The number of carbonyl (C=O) groups is 1. The van der Waals surface area contributed by atoms with Crippen molar-refractivity contribution in [2.24, 2.45) is 5.92 Å². The van der Waals surface area contributed by atoms with Gasteiger partial charge in [-0.15, -0.1) is 0 Å². The van der Waals surface area contributed by atoms with E-state index < -0.39 is 0 Å². The maximum atomic E-state index is 14.3. The molecule has 0 bridgehead atoms. The van der Waals surface area contributed by atoms with E-state index in [9.17, 15) is 9.18 Å². The molecule has 6 heteroatoms. The molecule has 172 valence electrons. The van der Waals surface area contributed by atoms with Gasteiger partial charge in [0.1, 0.15) is 5.82 Å². The predicted molar refractivity (Wildman–Crippen MR) is 127 cm³/mol. The minimum Gasteiger partial charge on any atom is -0.493 e. The summed E-state index contributed by atoms with van der Waals surface area (Å²) in [5.74, 6) is 0.847. The van der Waals surface area contributed by atoms with Crippen molar-refractivity contribution in [3.05, 3.63) is 89.7 Å². The summed E-state index contributed by atoms with van der Waals surface area (Å²) in [5, 5.41) is 3.03. The molecule has 0 aliphatic carbocycles. The first-order valence-corrected chi connectivity index (χ1v) is 11.1. The highest BCUT2D eigenvalue weighted by atomic mass is 19.1. The van der Waals surface area contributed by atoms with Crippen molar-refractivity contribution in [3.63, 3.8) is 0 Å². The maximum Gasteiger partial charge on any atom is 0.228 e. The number of anilines is 1. The summed E-state index contributed by atoms with van der Waals surface area (Å²) in [6, 6.07) is 22.4. The third-order valence-corrected chi connectivity index (χ3v) is 6.17. The number of hydrogen-bond donors (Lipinski definition) is 1. The molecule has 5 nitrogen and oxygen atoms in total. The van der Waals surface area contributed by atoms with Crippen molar-refractivity contribution in [2.75, 3.05) is 32.6 Å². The number of carbonyl (C=O) groups excluding carboxylic acids is 1. The molecule has 33 heavy (non-hydrogen) atoms. The lowest BCUT2D eigenvalue weighted by molar-refractivity contribution is -0.121. The predicted octanol–water partition coefficient (Wildman–Crippen LogP) is 5.09. The number of halogens is 1. The molecule has 0 radical (unpaired) electrons. The van der Waals surface area contributed by atoms with Crippen LogP contribution in [0.15, 0.2) is 72.8 Å². The largest absolute Gasteiger partial charge is 0.493 e. The quantitative estimate of drug-likeness (QED) is 0.547. The van der Waals surface area contributed by atoms with E-state index in [-0.39, 0.29) is 23.6 Å². The second-order valence-electron chi connectivity index (χ2n) is 8.38. The number of methoxy groups -OCH3 is 2. The molecule has 1 N–H and O–H groups in total. The average Bonchev–Trinajstić information content (AvgIpc) is 2.85. The summed E-state index contributed by atoms with van der Waals surface area (Å²) in [5.41, 5.74) is 2.49. The summed E-state index contributed by atoms with van der Waals surface area (Å²) in [7, 11) is 3.14. The van der Waals surface area contributed by atoms with Crippen molar-refractivity contribution in [1.29, 1.82) is 0 Å². The van der Waals surface area contributed by atoms with Crippen LogP contribution in [0.5, 0.6) is 11.5 Å². The number of piperidine rings is 1. The number of likely N-dealkylation sites (tertiary alicyclic amines) is 1. The number of rotatable bonds is 7. The van der Waals surface area contributed by atoms with Gasteiger partial charge in [0.2, 0.25) is 5.91 Å². The Bertz CT molecular complexity index is 1090. The Morgan fingerprint density at radius 1 is 0.970 bits per heavy atom. The molecule has 0 aromatic heterocycles. The first-order valence-electron chi connectivity index (χ1n) is 11.1. The summed E-state index contributed by atoms with van der Waals surface area (Å²) >= 11 is 0. The Morgan fingerprint density at radius 2 is 1.70 bits per heavy atom. The average molecular weight is 449 g/mol. The Kier molecular flexibility index (Phi) is 7.25. The van der Waals surface area contributed by atoms with Crippen LogP contribution in [0.3, 0.4) is 0 Å². The summed E-state index contributed by atoms with van der Waals surface area (Å²) in [4.78, 5) is 15.5. The number of nitrogens with zero attached hydrogens (tertiary/aromatic N) is 1. The highest BCUT2D eigenvalue weighted by Gasteiger charge is 2.32. The van der Waals surface area contributed by atoms with Crippen LogP contribution in [0.2, 0.25) is 0 Å². The third kappa shape index (κ3) is 5.52. The first kappa shape index (κ1) is 22.8. The molecule has 1 aliphatic heterocycles. The van der Waals surface area contributed by atoms with Crippen molar-refractivity contribution >= 4 is 11.6 Å². The highest BCUT2D eigenvalue weighted by molar-refractivity contribution is 5.93. The minimum absolute atomic E-state index is 0.0543. The molecule has 1 heterocycles. The summed E-state index contributed by atoms with van der Waals surface area (Å²) < 4.78 is 24.9. The molecule has 2 atom stereocenters. The lowest BCUT2D eigenvalue weighted by atomic mass is 9.84. The number of amides is 1. The van der Waals surface area contributed by atoms with Crippen LogP contribution >= 0.6 is 0 Å². The second-order valence-corrected chi connectivity index (χ2v) is 8.38. The van der Waals surface area contributed by atoms with Gasteiger partial charge in [-0.25, -0.2) is 4.39 Å². The molecule has 4 rings (SSSR count). The molecular formula is C27H29FN2O3. The van der Waals surface area contributed by atoms with Crippen LogP contribution in [0.1, 0.15) is 23.5 Å². The Morgan fingerprint density at radius 3 is 2.42 bits per heavy atom. The molecule has 0 saturated carbocycles. The zero-order valence-corrected chi connectivity index (χ0v) is 19.0. The van der Waals surface area contributed by atoms with Crippen LogP contribution in [0, 0.1) is 11.7 Å². The van der Waals surface area contributed by atoms with Gasteiger partial charge in [-0.1, -0.05) is 48.5 Å². The first-order chi connectivity index (χ1) is 16.1. The third-order valence-electron chi connectivity index (χ3n) is 6.17. The van der Waals surface area contributed by atoms with E-state index in [1.807, 2.05) is 24.3 Å². The Labute approximate surface area is 194 Å². The van der Waals surface area contributed by atoms with Gasteiger partial charge in [-0.3, -0.25) is 9.69 Å². The van der Waals surface area contributed by atoms with Gasteiger partial charge in [0, 0.05) is 37.0 Å².